The molecular weight excluding hydrogens is 405 g/mol. The molecule has 0 aliphatic heterocycles. The summed E-state index contributed by atoms with van der Waals surface area (Å²) in [6, 6.07) is 8.99. The number of H-pyrrole nitrogens is 1. The first-order valence-corrected chi connectivity index (χ1v) is 9.58. The van der Waals surface area contributed by atoms with Gasteiger partial charge in [-0.05, 0) is 37.1 Å². The molecule has 0 saturated carbocycles. The number of hydrogen-bond acceptors (Lipinski definition) is 4. The molecule has 2 heterocycles. The minimum atomic E-state index is -0.574. The van der Waals surface area contributed by atoms with E-state index in [9.17, 15) is 9.90 Å². The first-order valence-electron chi connectivity index (χ1n) is 8.01. The molecule has 1 amide bonds. The second kappa shape index (κ2) is 6.64. The maximum absolute atomic E-state index is 12.5. The summed E-state index contributed by atoms with van der Waals surface area (Å²) in [5, 5.41) is 20.3. The van der Waals surface area contributed by atoms with Crippen LogP contribution in [0.3, 0.4) is 0 Å². The minimum absolute atomic E-state index is 0.135. The van der Waals surface area contributed by atoms with Crippen molar-refractivity contribution in [1.82, 2.24) is 4.98 Å². The van der Waals surface area contributed by atoms with Crippen molar-refractivity contribution in [3.8, 4) is 5.88 Å². The van der Waals surface area contributed by atoms with Crippen LogP contribution in [0.25, 0.3) is 21.0 Å². The number of carbonyl (C=O) groups is 1. The highest BCUT2D eigenvalue weighted by Gasteiger charge is 2.18. The number of thiophene rings is 1. The molecule has 136 valence electrons. The molecule has 0 atom stereocenters. The number of amides is 1. The van der Waals surface area contributed by atoms with Crippen LogP contribution in [0, 0.1) is 13.8 Å². The van der Waals surface area contributed by atoms with Crippen LogP contribution in [0.15, 0.2) is 40.6 Å². The molecule has 27 heavy (non-hydrogen) atoms. The molecule has 0 radical (unpaired) electrons. The summed E-state index contributed by atoms with van der Waals surface area (Å²) in [7, 11) is 0. The number of azo groups is 1. The monoisotopic (exact) mass is 417 g/mol. The van der Waals surface area contributed by atoms with Crippen LogP contribution in [0.2, 0.25) is 10.0 Å². The Kier molecular flexibility index (Phi) is 4.42. The molecule has 4 rings (SSSR count). The van der Waals surface area contributed by atoms with Gasteiger partial charge in [0.25, 0.3) is 0 Å². The lowest BCUT2D eigenvalue weighted by Crippen LogP contribution is -1.89. The summed E-state index contributed by atoms with van der Waals surface area (Å²) in [4.78, 5) is 15.7. The van der Waals surface area contributed by atoms with Crippen LogP contribution < -0.4 is 0 Å². The summed E-state index contributed by atoms with van der Waals surface area (Å²) in [5.74, 6) is -0.709. The van der Waals surface area contributed by atoms with Gasteiger partial charge in [-0.15, -0.1) is 21.6 Å². The highest BCUT2D eigenvalue weighted by atomic mass is 35.5. The number of nitrogens with one attached hydrogen (secondary N) is 1. The van der Waals surface area contributed by atoms with Crippen LogP contribution >= 0.6 is 34.5 Å². The van der Waals surface area contributed by atoms with Crippen molar-refractivity contribution in [3.05, 3.63) is 56.4 Å². The molecule has 8 heteroatoms. The van der Waals surface area contributed by atoms with Gasteiger partial charge in [0.15, 0.2) is 5.69 Å². The summed E-state index contributed by atoms with van der Waals surface area (Å²) in [6.07, 6.45) is 0. The van der Waals surface area contributed by atoms with E-state index >= 15 is 0 Å². The van der Waals surface area contributed by atoms with Crippen LogP contribution in [0.1, 0.15) is 20.8 Å². The van der Waals surface area contributed by atoms with Gasteiger partial charge in [-0.3, -0.25) is 4.79 Å². The van der Waals surface area contributed by atoms with Crippen molar-refractivity contribution < 1.29 is 9.90 Å². The van der Waals surface area contributed by atoms with E-state index in [1.165, 1.54) is 11.3 Å². The number of fused-ring (bicyclic) bond motifs is 2. The molecule has 0 bridgehead atoms. The van der Waals surface area contributed by atoms with Gasteiger partial charge in [-0.25, -0.2) is 0 Å². The Hall–Kier alpha value is -2.41. The zero-order valence-electron chi connectivity index (χ0n) is 14.3. The van der Waals surface area contributed by atoms with Gasteiger partial charge in [0, 0.05) is 20.5 Å². The molecule has 0 aliphatic rings. The van der Waals surface area contributed by atoms with E-state index < -0.39 is 5.91 Å². The predicted octanol–water partition coefficient (Wildman–Crippen LogP) is 6.94. The third-order valence-electron chi connectivity index (χ3n) is 4.49. The number of hydrogen-bond donors (Lipinski definition) is 2. The average molecular weight is 418 g/mol. The maximum Gasteiger partial charge on any atom is 0.307 e. The number of nitrogens with zero attached hydrogens (tertiary/aromatic N) is 2. The molecule has 0 fully saturated rings. The Morgan fingerprint density at radius 1 is 1.15 bits per heavy atom. The maximum atomic E-state index is 12.5. The lowest BCUT2D eigenvalue weighted by atomic mass is 10.1. The summed E-state index contributed by atoms with van der Waals surface area (Å²) in [6.45, 7) is 3.93. The average Bonchev–Trinajstić information content (AvgIpc) is 3.13. The Balaban J connectivity index is 1.74. The lowest BCUT2D eigenvalue weighted by Gasteiger charge is -2.00. The fraction of sp³-hybridized carbons (Fsp3) is 0.105. The Bertz CT molecular complexity index is 1260. The molecule has 2 aromatic heterocycles. The van der Waals surface area contributed by atoms with Crippen molar-refractivity contribution >= 4 is 67.1 Å². The third kappa shape index (κ3) is 3.00. The number of rotatable bonds is 2. The minimum Gasteiger partial charge on any atom is -0.493 e. The number of aryl methyl sites for hydroxylation is 2. The summed E-state index contributed by atoms with van der Waals surface area (Å²) < 4.78 is 0.798. The fourth-order valence-corrected chi connectivity index (χ4v) is 4.57. The molecule has 4 aromatic rings. The van der Waals surface area contributed by atoms with E-state index in [2.05, 4.69) is 15.2 Å². The second-order valence-electron chi connectivity index (χ2n) is 6.14. The number of aromatic nitrogens is 1. The lowest BCUT2D eigenvalue weighted by molar-refractivity contribution is 0.0999. The first-order chi connectivity index (χ1) is 12.9. The topological polar surface area (TPSA) is 77.8 Å². The molecular formula is C19H13Cl2N3O2S. The van der Waals surface area contributed by atoms with Gasteiger partial charge in [-0.1, -0.05) is 41.4 Å². The van der Waals surface area contributed by atoms with E-state index in [1.807, 2.05) is 26.0 Å². The van der Waals surface area contributed by atoms with Crippen molar-refractivity contribution in [2.24, 2.45) is 10.2 Å². The van der Waals surface area contributed by atoms with Crippen LogP contribution in [-0.4, -0.2) is 16.0 Å². The number of carbonyl (C=O) groups excluding carboxylic acids is 1. The Morgan fingerprint density at radius 2 is 1.89 bits per heavy atom. The number of aromatic hydroxyl groups is 1. The molecule has 0 spiro atoms. The summed E-state index contributed by atoms with van der Waals surface area (Å²) in [5.41, 5.74) is 3.07. The normalized spacial score (nSPS) is 11.9. The summed E-state index contributed by atoms with van der Waals surface area (Å²) >= 11 is 13.5. The van der Waals surface area contributed by atoms with Gasteiger partial charge in [0.2, 0.25) is 5.88 Å². The van der Waals surface area contributed by atoms with Gasteiger partial charge in [0.1, 0.15) is 4.88 Å². The van der Waals surface area contributed by atoms with Crippen LogP contribution in [-0.2, 0) is 0 Å². The smallest absolute Gasteiger partial charge is 0.307 e. The molecule has 2 aromatic carbocycles. The zero-order valence-corrected chi connectivity index (χ0v) is 16.6. The van der Waals surface area contributed by atoms with Crippen molar-refractivity contribution in [1.29, 1.82) is 0 Å². The Morgan fingerprint density at radius 3 is 2.67 bits per heavy atom. The predicted molar refractivity (Wildman–Crippen MR) is 110 cm³/mol. The Labute approximate surface area is 168 Å². The SMILES string of the molecule is Cc1ccc2c(N=NC(=O)c3sc4cc(Cl)ccc4c3Cl)c(O)[nH]c2c1C. The van der Waals surface area contributed by atoms with Crippen LogP contribution in [0.5, 0.6) is 5.88 Å². The highest BCUT2D eigenvalue weighted by Crippen LogP contribution is 2.39. The standard InChI is InChI=1S/C19H13Cl2N3O2S/c1-8-3-5-12-15(9(8)2)22-18(25)16(12)23-24-19(26)17-14(21)11-6-4-10(20)7-13(11)27-17/h3-7,22,25H,1-2H3. The van der Waals surface area contributed by atoms with E-state index in [4.69, 9.17) is 23.2 Å². The number of halogens is 2. The van der Waals surface area contributed by atoms with Crippen LogP contribution in [0.4, 0.5) is 5.69 Å². The number of benzene rings is 2. The van der Waals surface area contributed by atoms with E-state index in [1.54, 1.807) is 18.2 Å². The highest BCUT2D eigenvalue weighted by molar-refractivity contribution is 7.21. The molecule has 0 unspecified atom stereocenters. The quantitative estimate of drug-likeness (QED) is 0.346. The number of aromatic amines is 1. The van der Waals surface area contributed by atoms with Gasteiger partial charge in [0.05, 0.1) is 10.5 Å². The van der Waals surface area contributed by atoms with Gasteiger partial charge >= 0.3 is 5.91 Å². The molecule has 2 N–H and O–H groups in total. The zero-order chi connectivity index (χ0) is 19.3. The van der Waals surface area contributed by atoms with Crippen molar-refractivity contribution in [2.75, 3.05) is 0 Å². The van der Waals surface area contributed by atoms with Gasteiger partial charge in [-0.2, -0.15) is 0 Å². The van der Waals surface area contributed by atoms with Crippen molar-refractivity contribution in [3.63, 3.8) is 0 Å². The fourth-order valence-electron chi connectivity index (χ4n) is 2.90. The second-order valence-corrected chi connectivity index (χ2v) is 8.01. The molecule has 5 nitrogen and oxygen atoms in total. The van der Waals surface area contributed by atoms with E-state index in [0.29, 0.717) is 15.4 Å². The third-order valence-corrected chi connectivity index (χ3v) is 6.37. The molecule has 0 aliphatic carbocycles. The first kappa shape index (κ1) is 18.0. The van der Waals surface area contributed by atoms with Gasteiger partial charge < -0.3 is 10.1 Å². The van der Waals surface area contributed by atoms with Crippen molar-refractivity contribution in [2.45, 2.75) is 13.8 Å². The largest absolute Gasteiger partial charge is 0.493 e. The van der Waals surface area contributed by atoms with E-state index in [-0.39, 0.29) is 16.4 Å². The molecule has 0 saturated heterocycles. The van der Waals surface area contributed by atoms with E-state index in [0.717, 1.165) is 26.7 Å².